The van der Waals surface area contributed by atoms with Gasteiger partial charge in [0.05, 0.1) is 11.2 Å². The summed E-state index contributed by atoms with van der Waals surface area (Å²) in [6, 6.07) is 7.46. The van der Waals surface area contributed by atoms with Crippen LogP contribution in [0.5, 0.6) is 0 Å². The predicted octanol–water partition coefficient (Wildman–Crippen LogP) is 2.33. The number of carbonyl (C=O) groups is 1. The second-order valence-electron chi connectivity index (χ2n) is 4.26. The highest BCUT2D eigenvalue weighted by atomic mass is 16.4. The summed E-state index contributed by atoms with van der Waals surface area (Å²) in [4.78, 5) is 19.7. The second kappa shape index (κ2) is 4.20. The molecule has 0 fully saturated rings. The number of fused-ring (bicyclic) bond motifs is 1. The fourth-order valence-electron chi connectivity index (χ4n) is 2.09. The van der Waals surface area contributed by atoms with E-state index in [-0.39, 0.29) is 5.56 Å². The highest BCUT2D eigenvalue weighted by Crippen LogP contribution is 2.23. The first-order chi connectivity index (χ1) is 9.16. The molecule has 5 heteroatoms. The standard InChI is InChI=1S/C14H11N3O2/c1-17-8-10(14(18)19)13-12(17)5-4-11(16-13)9-3-2-6-15-7-9/h2-8H,1H3,(H,18,19). The molecule has 0 spiro atoms. The van der Waals surface area contributed by atoms with Gasteiger partial charge in [-0.1, -0.05) is 0 Å². The molecule has 0 aromatic carbocycles. The molecular formula is C14H11N3O2. The molecule has 0 aliphatic carbocycles. The Morgan fingerprint density at radius 1 is 1.32 bits per heavy atom. The van der Waals surface area contributed by atoms with E-state index in [4.69, 9.17) is 0 Å². The van der Waals surface area contributed by atoms with E-state index in [0.717, 1.165) is 11.1 Å². The number of pyridine rings is 2. The Hall–Kier alpha value is -2.69. The fourth-order valence-corrected chi connectivity index (χ4v) is 2.09. The molecule has 0 atom stereocenters. The van der Waals surface area contributed by atoms with E-state index in [1.54, 1.807) is 30.2 Å². The van der Waals surface area contributed by atoms with Gasteiger partial charge >= 0.3 is 5.97 Å². The van der Waals surface area contributed by atoms with Crippen molar-refractivity contribution in [1.82, 2.24) is 14.5 Å². The first-order valence-electron chi connectivity index (χ1n) is 5.76. The van der Waals surface area contributed by atoms with Crippen molar-refractivity contribution in [3.8, 4) is 11.3 Å². The molecule has 94 valence electrons. The van der Waals surface area contributed by atoms with Crippen molar-refractivity contribution in [2.24, 2.45) is 7.05 Å². The molecule has 5 nitrogen and oxygen atoms in total. The lowest BCUT2D eigenvalue weighted by molar-refractivity contribution is 0.0698. The Morgan fingerprint density at radius 3 is 2.84 bits per heavy atom. The van der Waals surface area contributed by atoms with Crippen LogP contribution in [0.15, 0.2) is 42.9 Å². The van der Waals surface area contributed by atoms with Gasteiger partial charge < -0.3 is 9.67 Å². The summed E-state index contributed by atoms with van der Waals surface area (Å²) in [7, 11) is 1.81. The third-order valence-corrected chi connectivity index (χ3v) is 3.02. The van der Waals surface area contributed by atoms with Crippen LogP contribution in [0.25, 0.3) is 22.3 Å². The molecule has 19 heavy (non-hydrogen) atoms. The molecule has 0 aliphatic rings. The maximum Gasteiger partial charge on any atom is 0.339 e. The van der Waals surface area contributed by atoms with Gasteiger partial charge in [-0.05, 0) is 24.3 Å². The summed E-state index contributed by atoms with van der Waals surface area (Å²) in [5.74, 6) is -0.971. The van der Waals surface area contributed by atoms with Crippen LogP contribution >= 0.6 is 0 Å². The summed E-state index contributed by atoms with van der Waals surface area (Å²) in [6.45, 7) is 0. The minimum absolute atomic E-state index is 0.211. The average molecular weight is 253 g/mol. The average Bonchev–Trinajstić information content (AvgIpc) is 2.77. The van der Waals surface area contributed by atoms with Crippen LogP contribution in [0.3, 0.4) is 0 Å². The van der Waals surface area contributed by atoms with Gasteiger partial charge in [-0.3, -0.25) is 4.98 Å². The summed E-state index contributed by atoms with van der Waals surface area (Å²) in [5, 5.41) is 9.19. The monoisotopic (exact) mass is 253 g/mol. The van der Waals surface area contributed by atoms with Gasteiger partial charge in [0.15, 0.2) is 0 Å². The molecular weight excluding hydrogens is 242 g/mol. The summed E-state index contributed by atoms with van der Waals surface area (Å²) in [5.41, 5.74) is 3.09. The van der Waals surface area contributed by atoms with Crippen molar-refractivity contribution in [3.63, 3.8) is 0 Å². The molecule has 3 heterocycles. The summed E-state index contributed by atoms with van der Waals surface area (Å²) in [6.07, 6.45) is 4.97. The van der Waals surface area contributed by atoms with Crippen LogP contribution in [0.1, 0.15) is 10.4 Å². The number of rotatable bonds is 2. The minimum Gasteiger partial charge on any atom is -0.478 e. The summed E-state index contributed by atoms with van der Waals surface area (Å²) >= 11 is 0. The SMILES string of the molecule is Cn1cc(C(=O)O)c2nc(-c3cccnc3)ccc21. The fraction of sp³-hybridized carbons (Fsp3) is 0.0714. The van der Waals surface area contributed by atoms with Crippen molar-refractivity contribution < 1.29 is 9.90 Å². The number of aromatic nitrogens is 3. The van der Waals surface area contributed by atoms with E-state index in [9.17, 15) is 9.90 Å². The topological polar surface area (TPSA) is 68.0 Å². The maximum atomic E-state index is 11.2. The highest BCUT2D eigenvalue weighted by Gasteiger charge is 2.14. The van der Waals surface area contributed by atoms with Gasteiger partial charge in [-0.15, -0.1) is 0 Å². The molecule has 3 aromatic rings. The third kappa shape index (κ3) is 1.85. The Labute approximate surface area is 109 Å². The molecule has 0 aliphatic heterocycles. The van der Waals surface area contributed by atoms with Gasteiger partial charge in [0.25, 0.3) is 0 Å². The van der Waals surface area contributed by atoms with Crippen LogP contribution < -0.4 is 0 Å². The number of hydrogen-bond donors (Lipinski definition) is 1. The molecule has 0 saturated carbocycles. The van der Waals surface area contributed by atoms with E-state index >= 15 is 0 Å². The second-order valence-corrected chi connectivity index (χ2v) is 4.26. The molecule has 0 unspecified atom stereocenters. The minimum atomic E-state index is -0.971. The predicted molar refractivity (Wildman–Crippen MR) is 70.9 cm³/mol. The van der Waals surface area contributed by atoms with Crippen LogP contribution in [0, 0.1) is 0 Å². The van der Waals surface area contributed by atoms with Gasteiger partial charge in [0.1, 0.15) is 11.1 Å². The zero-order chi connectivity index (χ0) is 13.4. The van der Waals surface area contributed by atoms with E-state index in [1.807, 2.05) is 24.3 Å². The molecule has 1 N–H and O–H groups in total. The lowest BCUT2D eigenvalue weighted by Gasteiger charge is -2.01. The molecule has 3 rings (SSSR count). The number of carboxylic acid groups (broad SMARTS) is 1. The number of hydrogen-bond acceptors (Lipinski definition) is 3. The van der Waals surface area contributed by atoms with E-state index in [1.165, 1.54) is 0 Å². The molecule has 0 amide bonds. The first kappa shape index (κ1) is 11.4. The third-order valence-electron chi connectivity index (χ3n) is 3.02. The lowest BCUT2D eigenvalue weighted by atomic mass is 10.1. The van der Waals surface area contributed by atoms with Gasteiger partial charge in [0.2, 0.25) is 0 Å². The van der Waals surface area contributed by atoms with Crippen molar-refractivity contribution in [2.75, 3.05) is 0 Å². The zero-order valence-corrected chi connectivity index (χ0v) is 10.2. The molecule has 3 aromatic heterocycles. The quantitative estimate of drug-likeness (QED) is 0.761. The van der Waals surface area contributed by atoms with Crippen molar-refractivity contribution >= 4 is 17.0 Å². The normalized spacial score (nSPS) is 10.8. The van der Waals surface area contributed by atoms with Crippen LogP contribution in [-0.2, 0) is 7.05 Å². The van der Waals surface area contributed by atoms with Crippen molar-refractivity contribution in [3.05, 3.63) is 48.4 Å². The lowest BCUT2D eigenvalue weighted by Crippen LogP contribution is -1.95. The number of nitrogens with zero attached hydrogens (tertiary/aromatic N) is 3. The van der Waals surface area contributed by atoms with Gasteiger partial charge in [-0.2, -0.15) is 0 Å². The Bertz CT molecular complexity index is 763. The van der Waals surface area contributed by atoms with Crippen LogP contribution in [0.4, 0.5) is 0 Å². The van der Waals surface area contributed by atoms with Crippen molar-refractivity contribution in [2.45, 2.75) is 0 Å². The first-order valence-corrected chi connectivity index (χ1v) is 5.76. The largest absolute Gasteiger partial charge is 0.478 e. The Kier molecular flexibility index (Phi) is 2.52. The Morgan fingerprint density at radius 2 is 2.16 bits per heavy atom. The highest BCUT2D eigenvalue weighted by molar-refractivity contribution is 6.02. The molecule has 0 saturated heterocycles. The van der Waals surface area contributed by atoms with Crippen LogP contribution in [-0.4, -0.2) is 25.6 Å². The van der Waals surface area contributed by atoms with Crippen molar-refractivity contribution in [1.29, 1.82) is 0 Å². The molecule has 0 bridgehead atoms. The maximum absolute atomic E-state index is 11.2. The Balaban J connectivity index is 2.25. The number of carboxylic acids is 1. The number of aromatic carboxylic acids is 1. The summed E-state index contributed by atoms with van der Waals surface area (Å²) < 4.78 is 1.76. The smallest absolute Gasteiger partial charge is 0.339 e. The van der Waals surface area contributed by atoms with Gasteiger partial charge in [0, 0.05) is 31.2 Å². The van der Waals surface area contributed by atoms with Gasteiger partial charge in [-0.25, -0.2) is 9.78 Å². The molecule has 0 radical (unpaired) electrons. The van der Waals surface area contributed by atoms with Crippen LogP contribution in [0.2, 0.25) is 0 Å². The van der Waals surface area contributed by atoms with E-state index in [2.05, 4.69) is 9.97 Å². The van der Waals surface area contributed by atoms with E-state index in [0.29, 0.717) is 11.2 Å². The number of aryl methyl sites for hydroxylation is 1. The zero-order valence-electron chi connectivity index (χ0n) is 10.2. The van der Waals surface area contributed by atoms with E-state index < -0.39 is 5.97 Å².